The first kappa shape index (κ1) is 21.3. The Kier molecular flexibility index (Phi) is 6.98. The molecule has 0 radical (unpaired) electrons. The third-order valence-corrected chi connectivity index (χ3v) is 4.89. The van der Waals surface area contributed by atoms with Gasteiger partial charge in [-0.2, -0.15) is 0 Å². The number of nitrogens with one attached hydrogen (secondary N) is 2. The summed E-state index contributed by atoms with van der Waals surface area (Å²) in [5, 5.41) is 5.39. The summed E-state index contributed by atoms with van der Waals surface area (Å²) in [6.07, 6.45) is -0.553. The van der Waals surface area contributed by atoms with Crippen LogP contribution in [0, 0.1) is 0 Å². The van der Waals surface area contributed by atoms with Gasteiger partial charge in [-0.15, -0.1) is 0 Å². The smallest absolute Gasteiger partial charge is 0.411 e. The zero-order valence-corrected chi connectivity index (χ0v) is 17.7. The maximum atomic E-state index is 12.9. The number of anilines is 1. The third-order valence-electron chi connectivity index (χ3n) is 4.36. The van der Waals surface area contributed by atoms with Gasteiger partial charge in [-0.1, -0.05) is 46.3 Å². The Labute approximate surface area is 182 Å². The zero-order valence-electron chi connectivity index (χ0n) is 16.1. The molecule has 2 amide bonds. The molecule has 152 valence electrons. The van der Waals surface area contributed by atoms with Crippen molar-refractivity contribution < 1.29 is 19.1 Å². The van der Waals surface area contributed by atoms with E-state index in [0.29, 0.717) is 22.4 Å². The average Bonchev–Trinajstić information content (AvgIpc) is 2.78. The van der Waals surface area contributed by atoms with Crippen LogP contribution in [-0.4, -0.2) is 24.9 Å². The molecule has 0 heterocycles. The van der Waals surface area contributed by atoms with Crippen LogP contribution in [0.5, 0.6) is 0 Å². The van der Waals surface area contributed by atoms with E-state index in [-0.39, 0.29) is 18.2 Å². The van der Waals surface area contributed by atoms with E-state index in [1.54, 1.807) is 72.8 Å². The van der Waals surface area contributed by atoms with Crippen LogP contribution in [0.2, 0.25) is 0 Å². The molecule has 0 bridgehead atoms. The fraction of sp³-hybridized carbons (Fsp3) is 0.0870. The van der Waals surface area contributed by atoms with Crippen molar-refractivity contribution in [3.05, 3.63) is 99.5 Å². The van der Waals surface area contributed by atoms with Crippen LogP contribution in [0.4, 0.5) is 10.5 Å². The molecule has 2 N–H and O–H groups in total. The van der Waals surface area contributed by atoms with E-state index in [1.807, 2.05) is 0 Å². The van der Waals surface area contributed by atoms with E-state index in [1.165, 1.54) is 7.11 Å². The van der Waals surface area contributed by atoms with Gasteiger partial charge in [0, 0.05) is 27.8 Å². The van der Waals surface area contributed by atoms with Crippen LogP contribution in [0.3, 0.4) is 0 Å². The number of rotatable bonds is 6. The number of carbonyl (C=O) groups excluding carboxylic acids is 3. The number of amides is 2. The third kappa shape index (κ3) is 5.33. The second kappa shape index (κ2) is 9.84. The Bertz CT molecular complexity index is 1060. The molecule has 0 saturated heterocycles. The van der Waals surface area contributed by atoms with E-state index >= 15 is 0 Å². The Morgan fingerprint density at radius 3 is 2.13 bits per heavy atom. The summed E-state index contributed by atoms with van der Waals surface area (Å²) >= 11 is 3.35. The highest BCUT2D eigenvalue weighted by atomic mass is 79.9. The standard InChI is InChI=1S/C23H19BrN2O4/c1-30-23(29)26-18-12-6-15(7-13-18)14-25-22(28)20-5-3-2-4-19(20)21(27)16-8-10-17(24)11-9-16/h2-13H,14H2,1H3,(H,25,28)(H,26,29). The Morgan fingerprint density at radius 2 is 1.50 bits per heavy atom. The molecule has 6 nitrogen and oxygen atoms in total. The second-order valence-corrected chi connectivity index (χ2v) is 7.29. The van der Waals surface area contributed by atoms with Crippen LogP contribution in [0.15, 0.2) is 77.3 Å². The molecule has 0 fully saturated rings. The molecular formula is C23H19BrN2O4. The maximum Gasteiger partial charge on any atom is 0.411 e. The summed E-state index contributed by atoms with van der Waals surface area (Å²) in [5.41, 5.74) is 2.59. The number of methoxy groups -OCH3 is 1. The van der Waals surface area contributed by atoms with Crippen molar-refractivity contribution in [2.24, 2.45) is 0 Å². The molecule has 0 aliphatic rings. The normalized spacial score (nSPS) is 10.2. The SMILES string of the molecule is COC(=O)Nc1ccc(CNC(=O)c2ccccc2C(=O)c2ccc(Br)cc2)cc1. The average molecular weight is 467 g/mol. The van der Waals surface area contributed by atoms with Gasteiger partial charge in [0.25, 0.3) is 5.91 Å². The maximum absolute atomic E-state index is 12.9. The lowest BCUT2D eigenvalue weighted by Crippen LogP contribution is -2.25. The van der Waals surface area contributed by atoms with Crippen LogP contribution in [-0.2, 0) is 11.3 Å². The summed E-state index contributed by atoms with van der Waals surface area (Å²) in [5.74, 6) is -0.556. The van der Waals surface area contributed by atoms with E-state index in [9.17, 15) is 14.4 Å². The molecule has 3 rings (SSSR count). The highest BCUT2D eigenvalue weighted by Gasteiger charge is 2.18. The van der Waals surface area contributed by atoms with Gasteiger partial charge in [0.15, 0.2) is 5.78 Å². The first-order valence-corrected chi connectivity index (χ1v) is 9.88. The molecule has 0 atom stereocenters. The summed E-state index contributed by atoms with van der Waals surface area (Å²) in [6.45, 7) is 0.276. The summed E-state index contributed by atoms with van der Waals surface area (Å²) < 4.78 is 5.42. The van der Waals surface area contributed by atoms with Crippen molar-refractivity contribution in [3.8, 4) is 0 Å². The van der Waals surface area contributed by atoms with Crippen LogP contribution >= 0.6 is 15.9 Å². The number of benzene rings is 3. The van der Waals surface area contributed by atoms with Crippen LogP contribution in [0.25, 0.3) is 0 Å². The van der Waals surface area contributed by atoms with Crippen molar-refractivity contribution in [1.29, 1.82) is 0 Å². The van der Waals surface area contributed by atoms with Gasteiger partial charge in [-0.05, 0) is 48.0 Å². The Morgan fingerprint density at radius 1 is 0.867 bits per heavy atom. The van der Waals surface area contributed by atoms with Crippen molar-refractivity contribution in [1.82, 2.24) is 5.32 Å². The number of ether oxygens (including phenoxy) is 1. The van der Waals surface area contributed by atoms with Gasteiger partial charge in [0.1, 0.15) is 0 Å². The minimum absolute atomic E-state index is 0.216. The topological polar surface area (TPSA) is 84.5 Å². The van der Waals surface area contributed by atoms with E-state index in [4.69, 9.17) is 0 Å². The molecule has 0 aromatic heterocycles. The summed E-state index contributed by atoms with van der Waals surface area (Å²) in [7, 11) is 1.29. The molecule has 7 heteroatoms. The van der Waals surface area contributed by atoms with E-state index in [0.717, 1.165) is 10.0 Å². The lowest BCUT2D eigenvalue weighted by atomic mass is 9.98. The minimum Gasteiger partial charge on any atom is -0.453 e. The molecule has 0 aliphatic carbocycles. The first-order chi connectivity index (χ1) is 14.5. The molecule has 0 saturated carbocycles. The van der Waals surface area contributed by atoms with Crippen LogP contribution in [0.1, 0.15) is 31.8 Å². The number of halogens is 1. The van der Waals surface area contributed by atoms with Gasteiger partial charge in [-0.25, -0.2) is 4.79 Å². The quantitative estimate of drug-likeness (QED) is 0.511. The highest BCUT2D eigenvalue weighted by molar-refractivity contribution is 9.10. The van der Waals surface area contributed by atoms with Crippen LogP contribution < -0.4 is 10.6 Å². The highest BCUT2D eigenvalue weighted by Crippen LogP contribution is 2.18. The molecule has 0 aliphatic heterocycles. The molecule has 0 spiro atoms. The fourth-order valence-electron chi connectivity index (χ4n) is 2.79. The molecule has 3 aromatic rings. The van der Waals surface area contributed by atoms with Crippen molar-refractivity contribution in [3.63, 3.8) is 0 Å². The van der Waals surface area contributed by atoms with Gasteiger partial charge in [-0.3, -0.25) is 14.9 Å². The number of hydrogen-bond donors (Lipinski definition) is 2. The fourth-order valence-corrected chi connectivity index (χ4v) is 3.05. The molecule has 0 unspecified atom stereocenters. The van der Waals surface area contributed by atoms with E-state index < -0.39 is 6.09 Å². The largest absolute Gasteiger partial charge is 0.453 e. The van der Waals surface area contributed by atoms with Gasteiger partial charge >= 0.3 is 6.09 Å². The van der Waals surface area contributed by atoms with Crippen molar-refractivity contribution >= 4 is 39.4 Å². The number of hydrogen-bond acceptors (Lipinski definition) is 4. The predicted octanol–water partition coefficient (Wildman–Crippen LogP) is 4.79. The summed E-state index contributed by atoms with van der Waals surface area (Å²) in [4.78, 5) is 36.8. The zero-order chi connectivity index (χ0) is 21.5. The van der Waals surface area contributed by atoms with Crippen molar-refractivity contribution in [2.45, 2.75) is 6.54 Å². The molecule has 3 aromatic carbocycles. The van der Waals surface area contributed by atoms with Gasteiger partial charge in [0.05, 0.1) is 12.7 Å². The predicted molar refractivity (Wildman–Crippen MR) is 118 cm³/mol. The minimum atomic E-state index is -0.553. The summed E-state index contributed by atoms with van der Waals surface area (Å²) in [6, 6.07) is 20.7. The van der Waals surface area contributed by atoms with Gasteiger partial charge < -0.3 is 10.1 Å². The first-order valence-electron chi connectivity index (χ1n) is 9.09. The Balaban J connectivity index is 1.69. The molecule has 30 heavy (non-hydrogen) atoms. The lowest BCUT2D eigenvalue weighted by molar-refractivity contribution is 0.0939. The molecular weight excluding hydrogens is 448 g/mol. The lowest BCUT2D eigenvalue weighted by Gasteiger charge is -2.10. The van der Waals surface area contributed by atoms with Gasteiger partial charge in [0.2, 0.25) is 0 Å². The Hall–Kier alpha value is -3.45. The number of ketones is 1. The number of carbonyl (C=O) groups is 3. The monoisotopic (exact) mass is 466 g/mol. The van der Waals surface area contributed by atoms with E-state index in [2.05, 4.69) is 31.3 Å². The second-order valence-electron chi connectivity index (χ2n) is 6.38. The van der Waals surface area contributed by atoms with Crippen molar-refractivity contribution in [2.75, 3.05) is 12.4 Å².